The minimum absolute atomic E-state index is 0.0206. The Labute approximate surface area is 63.9 Å². The fraction of sp³-hybridized carbons (Fsp3) is 0. The van der Waals surface area contributed by atoms with E-state index in [1.54, 1.807) is 6.07 Å². The van der Waals surface area contributed by atoms with Gasteiger partial charge in [-0.25, -0.2) is 0 Å². The Kier molecular flexibility index (Phi) is 2.23. The molecule has 11 heavy (non-hydrogen) atoms. The van der Waals surface area contributed by atoms with Gasteiger partial charge in [0.25, 0.3) is 5.69 Å². The van der Waals surface area contributed by atoms with Gasteiger partial charge in [0.1, 0.15) is 0 Å². The topological polar surface area (TPSA) is 63.4 Å². The van der Waals surface area contributed by atoms with Gasteiger partial charge < -0.3 is 5.02 Å². The summed E-state index contributed by atoms with van der Waals surface area (Å²) in [5.74, 6) is 0. The van der Waals surface area contributed by atoms with Crippen LogP contribution in [0.25, 0.3) is 0 Å². The summed E-state index contributed by atoms with van der Waals surface area (Å²) < 4.78 is 0. The van der Waals surface area contributed by atoms with E-state index in [0.717, 1.165) is 7.48 Å². The second kappa shape index (κ2) is 3.16. The van der Waals surface area contributed by atoms with Crippen LogP contribution in [0.4, 0.5) is 5.69 Å². The van der Waals surface area contributed by atoms with Crippen LogP contribution in [0.2, 0.25) is 0 Å². The number of nitrogens with zero attached hydrogens (tertiary/aromatic N) is 1. The van der Waals surface area contributed by atoms with Crippen LogP contribution in [0.1, 0.15) is 0 Å². The van der Waals surface area contributed by atoms with E-state index < -0.39 is 4.92 Å². The van der Waals surface area contributed by atoms with Crippen molar-refractivity contribution in [1.29, 1.82) is 0 Å². The molecule has 0 spiro atoms. The highest BCUT2D eigenvalue weighted by atomic mass is 16.6. The minimum atomic E-state index is -0.507. The van der Waals surface area contributed by atoms with Crippen molar-refractivity contribution in [2.45, 2.75) is 0 Å². The number of nitro groups is 1. The van der Waals surface area contributed by atoms with E-state index in [2.05, 4.69) is 0 Å². The van der Waals surface area contributed by atoms with Gasteiger partial charge in [-0.15, -0.1) is 0 Å². The largest absolute Gasteiger partial charge is 0.450 e. The highest BCUT2D eigenvalue weighted by Crippen LogP contribution is 2.05. The molecule has 0 amide bonds. The number of nitro benzene ring substituents is 1. The molecule has 0 bridgehead atoms. The second-order valence-corrected chi connectivity index (χ2v) is 1.98. The van der Waals surface area contributed by atoms with Crippen molar-refractivity contribution in [3.63, 3.8) is 0 Å². The molecule has 0 aliphatic heterocycles. The Morgan fingerprint density at radius 2 is 2.27 bits per heavy atom. The lowest BCUT2D eigenvalue weighted by Gasteiger charge is -1.92. The van der Waals surface area contributed by atoms with E-state index >= 15 is 0 Å². The summed E-state index contributed by atoms with van der Waals surface area (Å²) in [6, 6.07) is 5.75. The molecule has 0 saturated heterocycles. The van der Waals surface area contributed by atoms with Crippen LogP contribution in [0.15, 0.2) is 24.3 Å². The van der Waals surface area contributed by atoms with Crippen LogP contribution in [0, 0.1) is 10.1 Å². The summed E-state index contributed by atoms with van der Waals surface area (Å²) in [6.45, 7) is 0. The minimum Gasteiger partial charge on any atom is -0.450 e. The zero-order chi connectivity index (χ0) is 8.27. The lowest BCUT2D eigenvalue weighted by Crippen LogP contribution is -2.12. The van der Waals surface area contributed by atoms with Gasteiger partial charge in [-0.05, 0) is 5.46 Å². The summed E-state index contributed by atoms with van der Waals surface area (Å²) in [4.78, 5) is 9.67. The number of non-ortho nitro benzene ring substituents is 1. The molecule has 0 aliphatic carbocycles. The maximum atomic E-state index is 10.2. The number of benzene rings is 1. The highest BCUT2D eigenvalue weighted by Gasteiger charge is 2.04. The standard InChI is InChI=1S/C6H5BNO3/c9-7-5-2-1-3-6(4-5)8(10)11/h1-4,9H. The third-order valence-electron chi connectivity index (χ3n) is 1.23. The molecule has 0 heterocycles. The first-order chi connectivity index (χ1) is 5.24. The van der Waals surface area contributed by atoms with Crippen molar-refractivity contribution < 1.29 is 9.95 Å². The van der Waals surface area contributed by atoms with Crippen molar-refractivity contribution >= 4 is 18.6 Å². The molecule has 0 unspecified atom stereocenters. The Bertz CT molecular complexity index is 276. The Hall–Kier alpha value is -1.36. The molecule has 1 N–H and O–H groups in total. The van der Waals surface area contributed by atoms with E-state index in [-0.39, 0.29) is 5.69 Å². The molecular formula is C6H5BNO3. The Morgan fingerprint density at radius 3 is 2.82 bits per heavy atom. The molecule has 5 heteroatoms. The zero-order valence-electron chi connectivity index (χ0n) is 5.60. The van der Waals surface area contributed by atoms with Crippen LogP contribution in [0.3, 0.4) is 0 Å². The van der Waals surface area contributed by atoms with E-state index in [4.69, 9.17) is 5.02 Å². The van der Waals surface area contributed by atoms with Crippen LogP contribution < -0.4 is 5.46 Å². The van der Waals surface area contributed by atoms with E-state index in [0.29, 0.717) is 5.46 Å². The van der Waals surface area contributed by atoms with Crippen molar-refractivity contribution in [2.24, 2.45) is 0 Å². The molecule has 0 aliphatic rings. The first-order valence-corrected chi connectivity index (χ1v) is 2.96. The molecule has 1 aromatic carbocycles. The molecule has 0 saturated carbocycles. The van der Waals surface area contributed by atoms with E-state index in [1.165, 1.54) is 18.2 Å². The Balaban J connectivity index is 3.01. The van der Waals surface area contributed by atoms with Crippen LogP contribution in [-0.4, -0.2) is 17.4 Å². The number of rotatable bonds is 2. The quantitative estimate of drug-likeness (QED) is 0.361. The van der Waals surface area contributed by atoms with Gasteiger partial charge in [0.15, 0.2) is 0 Å². The molecule has 0 aromatic heterocycles. The summed E-state index contributed by atoms with van der Waals surface area (Å²) in [7, 11) is 0.826. The molecule has 0 atom stereocenters. The average molecular weight is 150 g/mol. The molecular weight excluding hydrogens is 145 g/mol. The third-order valence-corrected chi connectivity index (χ3v) is 1.23. The van der Waals surface area contributed by atoms with Gasteiger partial charge >= 0.3 is 7.48 Å². The van der Waals surface area contributed by atoms with Crippen LogP contribution in [-0.2, 0) is 0 Å². The van der Waals surface area contributed by atoms with Gasteiger partial charge in [-0.2, -0.15) is 0 Å². The van der Waals surface area contributed by atoms with Crippen LogP contribution in [0.5, 0.6) is 0 Å². The van der Waals surface area contributed by atoms with E-state index in [9.17, 15) is 10.1 Å². The number of hydrogen-bond acceptors (Lipinski definition) is 3. The molecule has 1 radical (unpaired) electrons. The van der Waals surface area contributed by atoms with Crippen LogP contribution >= 0.6 is 0 Å². The van der Waals surface area contributed by atoms with Gasteiger partial charge in [0.05, 0.1) is 4.92 Å². The summed E-state index contributed by atoms with van der Waals surface area (Å²) in [5.41, 5.74) is 0.409. The summed E-state index contributed by atoms with van der Waals surface area (Å²) in [5, 5.41) is 18.7. The molecule has 1 rings (SSSR count). The Morgan fingerprint density at radius 1 is 1.55 bits per heavy atom. The average Bonchev–Trinajstić information content (AvgIpc) is 2.05. The van der Waals surface area contributed by atoms with Crippen molar-refractivity contribution in [1.82, 2.24) is 0 Å². The highest BCUT2D eigenvalue weighted by molar-refractivity contribution is 6.45. The van der Waals surface area contributed by atoms with E-state index in [1.807, 2.05) is 0 Å². The second-order valence-electron chi connectivity index (χ2n) is 1.98. The zero-order valence-corrected chi connectivity index (χ0v) is 5.60. The normalized spacial score (nSPS) is 9.18. The fourth-order valence-corrected chi connectivity index (χ4v) is 0.719. The summed E-state index contributed by atoms with van der Waals surface area (Å²) >= 11 is 0. The number of hydrogen-bond donors (Lipinski definition) is 1. The van der Waals surface area contributed by atoms with Crippen molar-refractivity contribution in [3.8, 4) is 0 Å². The maximum absolute atomic E-state index is 10.2. The first-order valence-electron chi connectivity index (χ1n) is 2.96. The van der Waals surface area contributed by atoms with Crippen molar-refractivity contribution in [3.05, 3.63) is 34.4 Å². The maximum Gasteiger partial charge on any atom is 0.326 e. The smallest absolute Gasteiger partial charge is 0.326 e. The lowest BCUT2D eigenvalue weighted by atomic mass is 9.89. The predicted octanol–water partition coefficient (Wildman–Crippen LogP) is -0.168. The first kappa shape index (κ1) is 7.75. The fourth-order valence-electron chi connectivity index (χ4n) is 0.719. The van der Waals surface area contributed by atoms with Crippen molar-refractivity contribution in [2.75, 3.05) is 0 Å². The van der Waals surface area contributed by atoms with Gasteiger partial charge in [-0.1, -0.05) is 12.1 Å². The third kappa shape index (κ3) is 1.78. The predicted molar refractivity (Wildman–Crippen MR) is 40.7 cm³/mol. The monoisotopic (exact) mass is 150 g/mol. The molecule has 0 fully saturated rings. The van der Waals surface area contributed by atoms with Gasteiger partial charge in [0, 0.05) is 12.1 Å². The molecule has 1 aromatic rings. The summed E-state index contributed by atoms with van der Waals surface area (Å²) in [6.07, 6.45) is 0. The SMILES string of the molecule is O=[N+]([O-])c1cccc([B]O)c1. The van der Waals surface area contributed by atoms with Gasteiger partial charge in [-0.3, -0.25) is 10.1 Å². The molecule has 4 nitrogen and oxygen atoms in total. The lowest BCUT2D eigenvalue weighted by molar-refractivity contribution is -0.384. The molecule has 55 valence electrons. The van der Waals surface area contributed by atoms with Gasteiger partial charge in [0.2, 0.25) is 0 Å².